The first-order valence-corrected chi connectivity index (χ1v) is 5.85. The summed E-state index contributed by atoms with van der Waals surface area (Å²) in [5.74, 6) is 0.776. The van der Waals surface area contributed by atoms with E-state index >= 15 is 0 Å². The average molecular weight is 277 g/mol. The minimum atomic E-state index is 0.232. The summed E-state index contributed by atoms with van der Waals surface area (Å²) in [6.45, 7) is 1.86. The van der Waals surface area contributed by atoms with Crippen molar-refractivity contribution in [1.82, 2.24) is 9.97 Å². The number of alkyl halides is 1. The Bertz CT molecular complexity index is 303. The Labute approximate surface area is 96.6 Å². The monoisotopic (exact) mass is 275 g/mol. The number of piperidine rings is 1. The van der Waals surface area contributed by atoms with Gasteiger partial charge in [-0.05, 0) is 28.8 Å². The molecule has 0 aromatic carbocycles. The molecule has 0 N–H and O–H groups in total. The molecule has 76 valence electrons. The molecule has 0 bridgehead atoms. The Morgan fingerprint density at radius 1 is 1.43 bits per heavy atom. The number of rotatable bonds is 1. The van der Waals surface area contributed by atoms with Crippen molar-refractivity contribution in [2.45, 2.75) is 18.2 Å². The smallest absolute Gasteiger partial charge is 0.225 e. The normalized spacial score (nSPS) is 22.4. The van der Waals surface area contributed by atoms with Crippen LogP contribution in [-0.4, -0.2) is 28.4 Å². The lowest BCUT2D eigenvalue weighted by atomic mass is 10.1. The van der Waals surface area contributed by atoms with Gasteiger partial charge in [0.05, 0.1) is 9.85 Å². The fourth-order valence-electron chi connectivity index (χ4n) is 1.58. The highest BCUT2D eigenvalue weighted by molar-refractivity contribution is 9.10. The number of halogens is 2. The standard InChI is InChI=1S/C9H11BrClN3/c10-7-4-12-9(13-5-7)14-3-1-2-8(11)6-14/h4-5,8H,1-3,6H2. The molecule has 1 aliphatic rings. The van der Waals surface area contributed by atoms with Crippen LogP contribution in [0.25, 0.3) is 0 Å². The first-order chi connectivity index (χ1) is 6.75. The molecule has 2 rings (SSSR count). The number of anilines is 1. The zero-order chi connectivity index (χ0) is 9.97. The Hall–Kier alpha value is -0.350. The average Bonchev–Trinajstić information content (AvgIpc) is 2.19. The molecule has 0 spiro atoms. The van der Waals surface area contributed by atoms with Gasteiger partial charge >= 0.3 is 0 Å². The van der Waals surface area contributed by atoms with Crippen LogP contribution in [0, 0.1) is 0 Å². The van der Waals surface area contributed by atoms with Crippen molar-refractivity contribution >= 4 is 33.5 Å². The molecule has 0 amide bonds. The van der Waals surface area contributed by atoms with E-state index in [9.17, 15) is 0 Å². The Balaban J connectivity index is 2.10. The van der Waals surface area contributed by atoms with Gasteiger partial charge in [-0.2, -0.15) is 0 Å². The van der Waals surface area contributed by atoms with Crippen LogP contribution in [0.15, 0.2) is 16.9 Å². The summed E-state index contributed by atoms with van der Waals surface area (Å²) in [5.41, 5.74) is 0. The van der Waals surface area contributed by atoms with Gasteiger partial charge in [-0.1, -0.05) is 0 Å². The molecule has 1 fully saturated rings. The minimum absolute atomic E-state index is 0.232. The van der Waals surface area contributed by atoms with E-state index in [0.29, 0.717) is 0 Å². The summed E-state index contributed by atoms with van der Waals surface area (Å²) in [7, 11) is 0. The fourth-order valence-corrected chi connectivity index (χ4v) is 2.10. The van der Waals surface area contributed by atoms with Crippen LogP contribution >= 0.6 is 27.5 Å². The van der Waals surface area contributed by atoms with Crippen molar-refractivity contribution in [3.8, 4) is 0 Å². The van der Waals surface area contributed by atoms with E-state index in [1.807, 2.05) is 0 Å². The molecule has 1 aromatic heterocycles. The third-order valence-corrected chi connectivity index (χ3v) is 3.02. The summed E-state index contributed by atoms with van der Waals surface area (Å²) in [6, 6.07) is 0. The van der Waals surface area contributed by atoms with Gasteiger partial charge < -0.3 is 4.90 Å². The second kappa shape index (κ2) is 4.45. The molecule has 0 aliphatic carbocycles. The van der Waals surface area contributed by atoms with E-state index < -0.39 is 0 Å². The Morgan fingerprint density at radius 3 is 2.79 bits per heavy atom. The zero-order valence-electron chi connectivity index (χ0n) is 7.66. The zero-order valence-corrected chi connectivity index (χ0v) is 10.00. The van der Waals surface area contributed by atoms with Gasteiger partial charge in [-0.25, -0.2) is 9.97 Å². The Morgan fingerprint density at radius 2 is 2.14 bits per heavy atom. The quantitative estimate of drug-likeness (QED) is 0.738. The molecular formula is C9H11BrClN3. The molecule has 3 nitrogen and oxygen atoms in total. The fraction of sp³-hybridized carbons (Fsp3) is 0.556. The predicted octanol–water partition coefficient (Wildman–Crippen LogP) is 2.45. The molecule has 1 atom stereocenters. The van der Waals surface area contributed by atoms with E-state index in [1.54, 1.807) is 12.4 Å². The summed E-state index contributed by atoms with van der Waals surface area (Å²) >= 11 is 9.40. The summed E-state index contributed by atoms with van der Waals surface area (Å²) in [6.07, 6.45) is 5.74. The van der Waals surface area contributed by atoms with Gasteiger partial charge in [0.1, 0.15) is 0 Å². The lowest BCUT2D eigenvalue weighted by Gasteiger charge is -2.29. The lowest BCUT2D eigenvalue weighted by Crippen LogP contribution is -2.36. The van der Waals surface area contributed by atoms with E-state index in [4.69, 9.17) is 11.6 Å². The van der Waals surface area contributed by atoms with Crippen molar-refractivity contribution in [2.75, 3.05) is 18.0 Å². The van der Waals surface area contributed by atoms with Crippen molar-refractivity contribution in [1.29, 1.82) is 0 Å². The number of aromatic nitrogens is 2. The van der Waals surface area contributed by atoms with Gasteiger partial charge in [-0.3, -0.25) is 0 Å². The van der Waals surface area contributed by atoms with Crippen LogP contribution in [0.3, 0.4) is 0 Å². The second-order valence-electron chi connectivity index (χ2n) is 3.39. The summed E-state index contributed by atoms with van der Waals surface area (Å²) in [5, 5.41) is 0.232. The molecule has 2 heterocycles. The number of hydrogen-bond donors (Lipinski definition) is 0. The van der Waals surface area contributed by atoms with Crippen LogP contribution in [0.2, 0.25) is 0 Å². The van der Waals surface area contributed by atoms with Gasteiger partial charge in [0.25, 0.3) is 0 Å². The highest BCUT2D eigenvalue weighted by Gasteiger charge is 2.19. The van der Waals surface area contributed by atoms with Gasteiger partial charge in [-0.15, -0.1) is 11.6 Å². The summed E-state index contributed by atoms with van der Waals surface area (Å²) < 4.78 is 0.903. The van der Waals surface area contributed by atoms with E-state index in [2.05, 4.69) is 30.8 Å². The van der Waals surface area contributed by atoms with E-state index in [1.165, 1.54) is 0 Å². The minimum Gasteiger partial charge on any atom is -0.339 e. The maximum absolute atomic E-state index is 6.09. The van der Waals surface area contributed by atoms with Crippen LogP contribution in [0.1, 0.15) is 12.8 Å². The highest BCUT2D eigenvalue weighted by atomic mass is 79.9. The third kappa shape index (κ3) is 2.36. The van der Waals surface area contributed by atoms with Gasteiger partial charge in [0.2, 0.25) is 5.95 Å². The van der Waals surface area contributed by atoms with E-state index in [-0.39, 0.29) is 5.38 Å². The van der Waals surface area contributed by atoms with E-state index in [0.717, 1.165) is 36.4 Å². The molecule has 0 radical (unpaired) electrons. The van der Waals surface area contributed by atoms with Crippen LogP contribution in [-0.2, 0) is 0 Å². The van der Waals surface area contributed by atoms with Crippen LogP contribution in [0.4, 0.5) is 5.95 Å². The topological polar surface area (TPSA) is 29.0 Å². The Kier molecular flexibility index (Phi) is 3.23. The molecule has 14 heavy (non-hydrogen) atoms. The third-order valence-electron chi connectivity index (χ3n) is 2.25. The number of hydrogen-bond acceptors (Lipinski definition) is 3. The molecule has 5 heteroatoms. The van der Waals surface area contributed by atoms with Crippen LogP contribution in [0.5, 0.6) is 0 Å². The molecule has 0 saturated carbocycles. The van der Waals surface area contributed by atoms with Crippen molar-refractivity contribution in [3.05, 3.63) is 16.9 Å². The van der Waals surface area contributed by atoms with Crippen molar-refractivity contribution < 1.29 is 0 Å². The molecule has 1 saturated heterocycles. The molecule has 1 aromatic rings. The first-order valence-electron chi connectivity index (χ1n) is 4.62. The van der Waals surface area contributed by atoms with Gasteiger partial charge in [0.15, 0.2) is 0 Å². The molecular weight excluding hydrogens is 265 g/mol. The first kappa shape index (κ1) is 10.2. The maximum atomic E-state index is 6.09. The SMILES string of the molecule is ClC1CCCN(c2ncc(Br)cn2)C1. The number of nitrogens with zero attached hydrogens (tertiary/aromatic N) is 3. The molecule has 1 unspecified atom stereocenters. The molecule has 1 aliphatic heterocycles. The summed E-state index contributed by atoms with van der Waals surface area (Å²) in [4.78, 5) is 10.6. The van der Waals surface area contributed by atoms with Gasteiger partial charge in [0, 0.05) is 25.5 Å². The predicted molar refractivity (Wildman–Crippen MR) is 60.8 cm³/mol. The highest BCUT2D eigenvalue weighted by Crippen LogP contribution is 2.19. The lowest BCUT2D eigenvalue weighted by molar-refractivity contribution is 0.574. The van der Waals surface area contributed by atoms with Crippen LogP contribution < -0.4 is 4.90 Å². The maximum Gasteiger partial charge on any atom is 0.225 e. The van der Waals surface area contributed by atoms with Crippen molar-refractivity contribution in [2.24, 2.45) is 0 Å². The van der Waals surface area contributed by atoms with Crippen molar-refractivity contribution in [3.63, 3.8) is 0 Å². The largest absolute Gasteiger partial charge is 0.339 e. The second-order valence-corrected chi connectivity index (χ2v) is 4.92.